The molecule has 2 rings (SSSR count). The van der Waals surface area contributed by atoms with E-state index < -0.39 is 11.7 Å². The van der Waals surface area contributed by atoms with E-state index in [1.165, 1.54) is 41.5 Å². The van der Waals surface area contributed by atoms with E-state index in [9.17, 15) is 9.18 Å². The molecule has 0 unspecified atom stereocenters. The van der Waals surface area contributed by atoms with Gasteiger partial charge in [0, 0.05) is 12.4 Å². The number of rotatable bonds is 2. The Morgan fingerprint density at radius 1 is 1.50 bits per heavy atom. The molecule has 0 saturated heterocycles. The highest BCUT2D eigenvalue weighted by atomic mass is 19.1. The monoisotopic (exact) mass is 216 g/mol. The van der Waals surface area contributed by atoms with E-state index in [1.807, 2.05) is 0 Å². The van der Waals surface area contributed by atoms with Crippen molar-refractivity contribution in [1.82, 2.24) is 9.55 Å². The van der Waals surface area contributed by atoms with Gasteiger partial charge in [-0.05, 0) is 17.7 Å². The third-order valence-electron chi connectivity index (χ3n) is 2.20. The summed E-state index contributed by atoms with van der Waals surface area (Å²) in [4.78, 5) is 15.5. The molecule has 0 aliphatic rings. The normalized spacial score (nSPS) is 10.1. The number of imidazole rings is 1. The van der Waals surface area contributed by atoms with Crippen molar-refractivity contribution in [2.24, 2.45) is 0 Å². The van der Waals surface area contributed by atoms with Crippen molar-refractivity contribution in [2.45, 2.75) is 0 Å². The fourth-order valence-electron chi connectivity index (χ4n) is 1.35. The Bertz CT molecular complexity index is 532. The number of nitrogens with zero attached hydrogens (tertiary/aromatic N) is 2. The van der Waals surface area contributed by atoms with Gasteiger partial charge in [-0.1, -0.05) is 18.7 Å². The Labute approximate surface area is 91.9 Å². The molecule has 1 aromatic heterocycles. The Kier molecular flexibility index (Phi) is 2.64. The number of hydrogen-bond donors (Lipinski definition) is 0. The van der Waals surface area contributed by atoms with Gasteiger partial charge < -0.3 is 0 Å². The van der Waals surface area contributed by atoms with Crippen LogP contribution in [0.3, 0.4) is 0 Å². The van der Waals surface area contributed by atoms with Gasteiger partial charge >= 0.3 is 0 Å². The second-order valence-electron chi connectivity index (χ2n) is 3.22. The predicted octanol–water partition coefficient (Wildman–Crippen LogP) is 2.35. The minimum Gasteiger partial charge on any atom is -0.272 e. The largest absolute Gasteiger partial charge is 0.272 e. The average molecular weight is 216 g/mol. The molecule has 16 heavy (non-hydrogen) atoms. The fourth-order valence-corrected chi connectivity index (χ4v) is 1.35. The van der Waals surface area contributed by atoms with Gasteiger partial charge in [-0.2, -0.15) is 0 Å². The van der Waals surface area contributed by atoms with Gasteiger partial charge in [-0.15, -0.1) is 0 Å². The summed E-state index contributed by atoms with van der Waals surface area (Å²) in [6.07, 6.45) is 5.80. The highest BCUT2D eigenvalue weighted by Gasteiger charge is 2.12. The van der Waals surface area contributed by atoms with E-state index in [0.29, 0.717) is 5.56 Å². The first-order chi connectivity index (χ1) is 7.72. The van der Waals surface area contributed by atoms with E-state index in [1.54, 1.807) is 6.07 Å². The molecular formula is C12H9FN2O. The van der Waals surface area contributed by atoms with Crippen LogP contribution in [-0.4, -0.2) is 15.5 Å². The van der Waals surface area contributed by atoms with Crippen molar-refractivity contribution in [3.8, 4) is 0 Å². The zero-order valence-corrected chi connectivity index (χ0v) is 8.43. The number of benzene rings is 1. The molecule has 0 fully saturated rings. The molecule has 0 bridgehead atoms. The Morgan fingerprint density at radius 3 is 2.88 bits per heavy atom. The van der Waals surface area contributed by atoms with Gasteiger partial charge in [0.15, 0.2) is 0 Å². The smallest absolute Gasteiger partial charge is 0.266 e. The fraction of sp³-hybridized carbons (Fsp3) is 0. The van der Waals surface area contributed by atoms with Crippen LogP contribution in [0.15, 0.2) is 43.5 Å². The van der Waals surface area contributed by atoms with Crippen LogP contribution in [-0.2, 0) is 0 Å². The van der Waals surface area contributed by atoms with Crippen molar-refractivity contribution in [2.75, 3.05) is 0 Å². The minimum absolute atomic E-state index is 0.0172. The first-order valence-corrected chi connectivity index (χ1v) is 4.67. The molecule has 0 radical (unpaired) electrons. The van der Waals surface area contributed by atoms with Crippen LogP contribution in [0.5, 0.6) is 0 Å². The molecule has 1 heterocycles. The Hall–Kier alpha value is -2.23. The molecule has 0 aliphatic heterocycles. The minimum atomic E-state index is -0.559. The molecule has 2 aromatic rings. The van der Waals surface area contributed by atoms with Crippen LogP contribution in [0, 0.1) is 5.82 Å². The lowest BCUT2D eigenvalue weighted by atomic mass is 10.1. The van der Waals surface area contributed by atoms with Crippen molar-refractivity contribution in [3.05, 3.63) is 60.4 Å². The van der Waals surface area contributed by atoms with E-state index >= 15 is 0 Å². The van der Waals surface area contributed by atoms with Crippen molar-refractivity contribution < 1.29 is 9.18 Å². The summed E-state index contributed by atoms with van der Waals surface area (Å²) < 4.78 is 14.8. The lowest BCUT2D eigenvalue weighted by molar-refractivity contribution is 0.0956. The molecule has 3 nitrogen and oxygen atoms in total. The standard InChI is InChI=1S/C12H9FN2O/c1-2-9-3-4-10(11(13)7-9)12(16)15-6-5-14-8-15/h2-8H,1H2. The molecule has 0 atom stereocenters. The van der Waals surface area contributed by atoms with Crippen LogP contribution in [0.2, 0.25) is 0 Å². The number of halogens is 1. The van der Waals surface area contributed by atoms with Crippen LogP contribution < -0.4 is 0 Å². The van der Waals surface area contributed by atoms with Gasteiger partial charge in [-0.25, -0.2) is 9.37 Å². The topological polar surface area (TPSA) is 34.9 Å². The van der Waals surface area contributed by atoms with Crippen LogP contribution in [0.1, 0.15) is 15.9 Å². The number of carbonyl (C=O) groups is 1. The summed E-state index contributed by atoms with van der Waals surface area (Å²) in [5.41, 5.74) is 0.656. The molecule has 0 spiro atoms. The molecule has 4 heteroatoms. The molecule has 0 amide bonds. The summed E-state index contributed by atoms with van der Waals surface area (Å²) in [6.45, 7) is 3.53. The third kappa shape index (κ3) is 1.77. The third-order valence-corrected chi connectivity index (χ3v) is 2.20. The van der Waals surface area contributed by atoms with Gasteiger partial charge in [0.05, 0.1) is 5.56 Å². The van der Waals surface area contributed by atoms with E-state index in [-0.39, 0.29) is 5.56 Å². The summed E-state index contributed by atoms with van der Waals surface area (Å²) >= 11 is 0. The summed E-state index contributed by atoms with van der Waals surface area (Å²) in [5.74, 6) is -0.998. The van der Waals surface area contributed by atoms with Gasteiger partial charge in [0.2, 0.25) is 0 Å². The van der Waals surface area contributed by atoms with E-state index in [0.717, 1.165) is 0 Å². The molecule has 80 valence electrons. The molecule has 0 saturated carbocycles. The number of hydrogen-bond acceptors (Lipinski definition) is 2. The SMILES string of the molecule is C=Cc1ccc(C(=O)n2ccnc2)c(F)c1. The van der Waals surface area contributed by atoms with Crippen LogP contribution >= 0.6 is 0 Å². The van der Waals surface area contributed by atoms with Crippen molar-refractivity contribution in [1.29, 1.82) is 0 Å². The zero-order chi connectivity index (χ0) is 11.5. The lowest BCUT2D eigenvalue weighted by Gasteiger charge is -2.03. The summed E-state index contributed by atoms with van der Waals surface area (Å²) in [7, 11) is 0. The summed E-state index contributed by atoms with van der Waals surface area (Å²) in [6, 6.07) is 4.35. The lowest BCUT2D eigenvalue weighted by Crippen LogP contribution is -2.11. The van der Waals surface area contributed by atoms with E-state index in [2.05, 4.69) is 11.6 Å². The summed E-state index contributed by atoms with van der Waals surface area (Å²) in [5, 5.41) is 0. The first kappa shape index (κ1) is 10.3. The predicted molar refractivity (Wildman–Crippen MR) is 58.4 cm³/mol. The number of aromatic nitrogens is 2. The molecule has 0 aliphatic carbocycles. The maximum Gasteiger partial charge on any atom is 0.266 e. The van der Waals surface area contributed by atoms with Crippen molar-refractivity contribution in [3.63, 3.8) is 0 Å². The Morgan fingerprint density at radius 2 is 2.31 bits per heavy atom. The first-order valence-electron chi connectivity index (χ1n) is 4.67. The molecule has 0 N–H and O–H groups in total. The van der Waals surface area contributed by atoms with Gasteiger partial charge in [0.1, 0.15) is 12.1 Å². The zero-order valence-electron chi connectivity index (χ0n) is 8.43. The Balaban J connectivity index is 2.42. The maximum atomic E-state index is 13.6. The van der Waals surface area contributed by atoms with Gasteiger partial charge in [0.25, 0.3) is 5.91 Å². The van der Waals surface area contributed by atoms with Gasteiger partial charge in [-0.3, -0.25) is 9.36 Å². The average Bonchev–Trinajstić information content (AvgIpc) is 2.81. The van der Waals surface area contributed by atoms with E-state index in [4.69, 9.17) is 0 Å². The second kappa shape index (κ2) is 4.10. The van der Waals surface area contributed by atoms with Crippen LogP contribution in [0.4, 0.5) is 4.39 Å². The quantitative estimate of drug-likeness (QED) is 0.772. The number of carbonyl (C=O) groups excluding carboxylic acids is 1. The highest BCUT2D eigenvalue weighted by Crippen LogP contribution is 2.12. The van der Waals surface area contributed by atoms with Crippen LogP contribution in [0.25, 0.3) is 6.08 Å². The molecule has 1 aromatic carbocycles. The highest BCUT2D eigenvalue weighted by molar-refractivity contribution is 5.96. The second-order valence-corrected chi connectivity index (χ2v) is 3.22. The van der Waals surface area contributed by atoms with Crippen molar-refractivity contribution >= 4 is 12.0 Å². The molecular weight excluding hydrogens is 207 g/mol. The maximum absolute atomic E-state index is 13.6.